The van der Waals surface area contributed by atoms with Crippen LogP contribution in [0, 0.1) is 17.2 Å². The number of nitrogens with one attached hydrogen (secondary N) is 1. The standard InChI is InChI=1S/C21H26N2O4/c1-14(2)21(3,13-22)23-19(25)12-27-20(26)10-9-18(24)17-8-7-15-5-4-6-16(15)11-17/h7-8,11,14H,4-6,9-10,12H2,1-3H3,(H,23,25)/t21-/m1/s1. The molecule has 2 rings (SSSR count). The number of amides is 1. The molecule has 1 atom stereocenters. The van der Waals surface area contributed by atoms with E-state index in [9.17, 15) is 19.6 Å². The van der Waals surface area contributed by atoms with Gasteiger partial charge in [0.15, 0.2) is 12.4 Å². The summed E-state index contributed by atoms with van der Waals surface area (Å²) in [5.74, 6) is -1.34. The molecule has 0 aliphatic heterocycles. The summed E-state index contributed by atoms with van der Waals surface area (Å²) in [6.07, 6.45) is 3.12. The first-order valence-electron chi connectivity index (χ1n) is 9.28. The molecule has 144 valence electrons. The molecule has 0 fully saturated rings. The molecule has 1 N–H and O–H groups in total. The van der Waals surface area contributed by atoms with Gasteiger partial charge in [0.1, 0.15) is 5.54 Å². The molecule has 0 aromatic heterocycles. The van der Waals surface area contributed by atoms with E-state index in [1.54, 1.807) is 13.0 Å². The van der Waals surface area contributed by atoms with Gasteiger partial charge in [-0.1, -0.05) is 26.0 Å². The lowest BCUT2D eigenvalue weighted by Crippen LogP contribution is -2.50. The maximum Gasteiger partial charge on any atom is 0.306 e. The molecule has 1 amide bonds. The SMILES string of the molecule is CC(C)[C@@](C)(C#N)NC(=O)COC(=O)CCC(=O)c1ccc2c(c1)CCC2. The Labute approximate surface area is 159 Å². The highest BCUT2D eigenvalue weighted by Gasteiger charge is 2.30. The molecule has 0 bridgehead atoms. The zero-order valence-electron chi connectivity index (χ0n) is 16.1. The number of hydrogen-bond acceptors (Lipinski definition) is 5. The number of Topliss-reactive ketones (excluding diaryl/α,β-unsaturated/α-hetero) is 1. The van der Waals surface area contributed by atoms with Crippen molar-refractivity contribution in [3.05, 3.63) is 34.9 Å². The number of aryl methyl sites for hydroxylation is 2. The molecule has 0 saturated heterocycles. The van der Waals surface area contributed by atoms with E-state index in [0.29, 0.717) is 5.56 Å². The molecular weight excluding hydrogens is 344 g/mol. The molecule has 1 aromatic carbocycles. The smallest absolute Gasteiger partial charge is 0.306 e. The fourth-order valence-corrected chi connectivity index (χ4v) is 2.95. The van der Waals surface area contributed by atoms with Crippen molar-refractivity contribution in [2.24, 2.45) is 5.92 Å². The molecule has 0 unspecified atom stereocenters. The number of rotatable bonds is 8. The van der Waals surface area contributed by atoms with Crippen LogP contribution in [0.4, 0.5) is 0 Å². The van der Waals surface area contributed by atoms with E-state index in [4.69, 9.17) is 4.74 Å². The van der Waals surface area contributed by atoms with Gasteiger partial charge >= 0.3 is 5.97 Å². The van der Waals surface area contributed by atoms with Gasteiger partial charge in [-0.25, -0.2) is 0 Å². The second-order valence-electron chi connectivity index (χ2n) is 7.44. The molecule has 1 aliphatic rings. The number of carbonyl (C=O) groups is 3. The number of nitriles is 1. The predicted octanol–water partition coefficient (Wildman–Crippen LogP) is 2.74. The summed E-state index contributed by atoms with van der Waals surface area (Å²) in [4.78, 5) is 36.0. The Morgan fingerprint density at radius 3 is 2.59 bits per heavy atom. The van der Waals surface area contributed by atoms with E-state index in [2.05, 4.69) is 11.4 Å². The highest BCUT2D eigenvalue weighted by molar-refractivity contribution is 5.98. The van der Waals surface area contributed by atoms with Gasteiger partial charge < -0.3 is 10.1 Å². The van der Waals surface area contributed by atoms with Crippen LogP contribution >= 0.6 is 0 Å². The van der Waals surface area contributed by atoms with E-state index in [0.717, 1.165) is 19.3 Å². The number of ketones is 1. The Kier molecular flexibility index (Phi) is 6.73. The molecule has 0 heterocycles. The minimum absolute atomic E-state index is 0.0428. The molecule has 0 spiro atoms. The third kappa shape index (κ3) is 5.40. The van der Waals surface area contributed by atoms with Crippen molar-refractivity contribution in [3.8, 4) is 6.07 Å². The Hall–Kier alpha value is -2.68. The topological polar surface area (TPSA) is 96.3 Å². The number of esters is 1. The summed E-state index contributed by atoms with van der Waals surface area (Å²) in [7, 11) is 0. The summed E-state index contributed by atoms with van der Waals surface area (Å²) in [5, 5.41) is 11.8. The van der Waals surface area contributed by atoms with Crippen LogP contribution < -0.4 is 5.32 Å². The highest BCUT2D eigenvalue weighted by atomic mass is 16.5. The zero-order valence-corrected chi connectivity index (χ0v) is 16.1. The van der Waals surface area contributed by atoms with E-state index < -0.39 is 24.0 Å². The minimum Gasteiger partial charge on any atom is -0.456 e. The van der Waals surface area contributed by atoms with Gasteiger partial charge in [0.25, 0.3) is 5.91 Å². The van der Waals surface area contributed by atoms with Crippen LogP contribution in [0.15, 0.2) is 18.2 Å². The summed E-state index contributed by atoms with van der Waals surface area (Å²) < 4.78 is 4.92. The fraction of sp³-hybridized carbons (Fsp3) is 0.524. The molecule has 6 nitrogen and oxygen atoms in total. The highest BCUT2D eigenvalue weighted by Crippen LogP contribution is 2.23. The quantitative estimate of drug-likeness (QED) is 0.561. The maximum atomic E-state index is 12.3. The number of hydrogen-bond donors (Lipinski definition) is 1. The third-order valence-electron chi connectivity index (χ3n) is 5.13. The second kappa shape index (κ2) is 8.81. The van der Waals surface area contributed by atoms with Crippen LogP contribution in [0.3, 0.4) is 0 Å². The first-order chi connectivity index (χ1) is 12.7. The van der Waals surface area contributed by atoms with Crippen LogP contribution in [-0.4, -0.2) is 29.8 Å². The van der Waals surface area contributed by atoms with Gasteiger partial charge in [0.05, 0.1) is 12.5 Å². The molecule has 27 heavy (non-hydrogen) atoms. The summed E-state index contributed by atoms with van der Waals surface area (Å²) in [6.45, 7) is 4.79. The van der Waals surface area contributed by atoms with Gasteiger partial charge in [-0.2, -0.15) is 5.26 Å². The van der Waals surface area contributed by atoms with Crippen LogP contribution in [0.2, 0.25) is 0 Å². The number of benzene rings is 1. The van der Waals surface area contributed by atoms with Crippen molar-refractivity contribution in [1.29, 1.82) is 5.26 Å². The zero-order chi connectivity index (χ0) is 20.0. The monoisotopic (exact) mass is 370 g/mol. The van der Waals surface area contributed by atoms with Crippen molar-refractivity contribution >= 4 is 17.7 Å². The van der Waals surface area contributed by atoms with Crippen molar-refractivity contribution < 1.29 is 19.1 Å². The molecule has 1 aromatic rings. The summed E-state index contributed by atoms with van der Waals surface area (Å²) >= 11 is 0. The van der Waals surface area contributed by atoms with Gasteiger partial charge in [0.2, 0.25) is 0 Å². The van der Waals surface area contributed by atoms with Crippen LogP contribution in [0.25, 0.3) is 0 Å². The number of carbonyl (C=O) groups excluding carboxylic acids is 3. The van der Waals surface area contributed by atoms with Gasteiger partial charge in [0, 0.05) is 12.0 Å². The van der Waals surface area contributed by atoms with E-state index >= 15 is 0 Å². The van der Waals surface area contributed by atoms with Crippen LogP contribution in [-0.2, 0) is 27.2 Å². The fourth-order valence-electron chi connectivity index (χ4n) is 2.95. The van der Waals surface area contributed by atoms with Crippen LogP contribution in [0.1, 0.15) is 61.5 Å². The third-order valence-corrected chi connectivity index (χ3v) is 5.13. The lowest BCUT2D eigenvalue weighted by Gasteiger charge is -2.27. The average Bonchev–Trinajstić information content (AvgIpc) is 3.11. The van der Waals surface area contributed by atoms with Gasteiger partial charge in [-0.15, -0.1) is 0 Å². The molecular formula is C21H26N2O4. The summed E-state index contributed by atoms with van der Waals surface area (Å²) in [5.41, 5.74) is 2.10. The Balaban J connectivity index is 1.77. The maximum absolute atomic E-state index is 12.3. The van der Waals surface area contributed by atoms with Gasteiger partial charge in [-0.05, 0) is 49.3 Å². The number of ether oxygens (including phenoxy) is 1. The Morgan fingerprint density at radius 1 is 1.22 bits per heavy atom. The van der Waals surface area contributed by atoms with Crippen molar-refractivity contribution in [2.75, 3.05) is 6.61 Å². The average molecular weight is 370 g/mol. The van der Waals surface area contributed by atoms with Crippen molar-refractivity contribution in [2.45, 2.75) is 58.4 Å². The lowest BCUT2D eigenvalue weighted by molar-refractivity contribution is -0.148. The van der Waals surface area contributed by atoms with Crippen molar-refractivity contribution in [1.82, 2.24) is 5.32 Å². The number of fused-ring (bicyclic) bond motifs is 1. The molecule has 6 heteroatoms. The number of nitrogens with zero attached hydrogens (tertiary/aromatic N) is 1. The van der Waals surface area contributed by atoms with E-state index in [1.807, 2.05) is 26.0 Å². The normalized spacial score (nSPS) is 14.8. The first kappa shape index (κ1) is 20.6. The minimum atomic E-state index is -1.02. The molecule has 0 radical (unpaired) electrons. The Morgan fingerprint density at radius 2 is 1.93 bits per heavy atom. The summed E-state index contributed by atoms with van der Waals surface area (Å²) in [6, 6.07) is 7.76. The first-order valence-corrected chi connectivity index (χ1v) is 9.28. The largest absolute Gasteiger partial charge is 0.456 e. The van der Waals surface area contributed by atoms with E-state index in [-0.39, 0.29) is 24.5 Å². The van der Waals surface area contributed by atoms with Gasteiger partial charge in [-0.3, -0.25) is 14.4 Å². The Bertz CT molecular complexity index is 779. The lowest BCUT2D eigenvalue weighted by atomic mass is 9.90. The van der Waals surface area contributed by atoms with Crippen molar-refractivity contribution in [3.63, 3.8) is 0 Å². The second-order valence-corrected chi connectivity index (χ2v) is 7.44. The van der Waals surface area contributed by atoms with E-state index in [1.165, 1.54) is 11.1 Å². The van der Waals surface area contributed by atoms with Crippen LogP contribution in [0.5, 0.6) is 0 Å². The molecule has 0 saturated carbocycles. The predicted molar refractivity (Wildman–Crippen MR) is 100.0 cm³/mol. The molecule has 1 aliphatic carbocycles.